The van der Waals surface area contributed by atoms with E-state index < -0.39 is 54.5 Å². The van der Waals surface area contributed by atoms with Crippen LogP contribution in [-0.2, 0) is 38.1 Å². The fourth-order valence-corrected chi connectivity index (χ4v) is 4.23. The standard InChI is InChI=1S/C17H22O8/c1-4-7(2)15(19)23-6-10(18)24-13-8-5-9-12(11(8)16(20)22-3)17(21)25-14(9)13/h7-9,11-14H,4-6H2,1-3H3. The Morgan fingerprint density at radius 2 is 2.00 bits per heavy atom. The Hall–Kier alpha value is -2.12. The van der Waals surface area contributed by atoms with Crippen LogP contribution >= 0.6 is 0 Å². The van der Waals surface area contributed by atoms with Crippen molar-refractivity contribution in [2.45, 2.75) is 38.9 Å². The third-order valence-corrected chi connectivity index (χ3v) is 5.63. The number of fused-ring (bicyclic) bond motifs is 1. The maximum absolute atomic E-state index is 12.1. The number of rotatable bonds is 6. The Balaban J connectivity index is 1.63. The van der Waals surface area contributed by atoms with E-state index in [1.807, 2.05) is 6.92 Å². The van der Waals surface area contributed by atoms with Gasteiger partial charge in [-0.15, -0.1) is 0 Å². The van der Waals surface area contributed by atoms with Crippen molar-refractivity contribution in [1.82, 2.24) is 0 Å². The lowest BCUT2D eigenvalue weighted by Crippen LogP contribution is -2.44. The molecule has 0 aromatic carbocycles. The Morgan fingerprint density at radius 3 is 2.64 bits per heavy atom. The van der Waals surface area contributed by atoms with Gasteiger partial charge >= 0.3 is 23.9 Å². The summed E-state index contributed by atoms with van der Waals surface area (Å²) in [7, 11) is 1.27. The summed E-state index contributed by atoms with van der Waals surface area (Å²) in [5.74, 6) is -4.01. The van der Waals surface area contributed by atoms with Gasteiger partial charge < -0.3 is 18.9 Å². The molecule has 0 amide bonds. The maximum atomic E-state index is 12.1. The summed E-state index contributed by atoms with van der Waals surface area (Å²) in [6, 6.07) is 0. The number of hydrogen-bond acceptors (Lipinski definition) is 8. The van der Waals surface area contributed by atoms with E-state index in [0.29, 0.717) is 12.8 Å². The number of methoxy groups -OCH3 is 1. The molecular formula is C17H22O8. The summed E-state index contributed by atoms with van der Waals surface area (Å²) < 4.78 is 20.5. The molecule has 7 unspecified atom stereocenters. The SMILES string of the molecule is CCC(C)C(=O)OCC(=O)OC1C2CC3C1OC(=O)C3C2C(=O)OC. The van der Waals surface area contributed by atoms with Gasteiger partial charge in [-0.3, -0.25) is 14.4 Å². The van der Waals surface area contributed by atoms with Gasteiger partial charge in [0, 0.05) is 11.8 Å². The van der Waals surface area contributed by atoms with Crippen molar-refractivity contribution in [2.24, 2.45) is 29.6 Å². The molecule has 1 heterocycles. The summed E-state index contributed by atoms with van der Waals surface area (Å²) in [5.41, 5.74) is 0. The molecule has 25 heavy (non-hydrogen) atoms. The molecule has 0 aromatic heterocycles. The highest BCUT2D eigenvalue weighted by atomic mass is 16.6. The minimum Gasteiger partial charge on any atom is -0.469 e. The van der Waals surface area contributed by atoms with Gasteiger partial charge in [0.2, 0.25) is 0 Å². The minimum atomic E-state index is -0.711. The summed E-state index contributed by atoms with van der Waals surface area (Å²) >= 11 is 0. The first-order chi connectivity index (χ1) is 11.9. The van der Waals surface area contributed by atoms with Crippen LogP contribution in [0.25, 0.3) is 0 Å². The molecule has 2 bridgehead atoms. The van der Waals surface area contributed by atoms with Gasteiger partial charge in [0.05, 0.1) is 24.9 Å². The number of esters is 4. The lowest BCUT2D eigenvalue weighted by atomic mass is 9.78. The van der Waals surface area contributed by atoms with Gasteiger partial charge in [-0.05, 0) is 12.8 Å². The fraction of sp³-hybridized carbons (Fsp3) is 0.765. The van der Waals surface area contributed by atoms with Crippen LogP contribution in [0, 0.1) is 29.6 Å². The topological polar surface area (TPSA) is 105 Å². The predicted molar refractivity (Wildman–Crippen MR) is 80.8 cm³/mol. The van der Waals surface area contributed by atoms with Crippen LogP contribution < -0.4 is 0 Å². The smallest absolute Gasteiger partial charge is 0.344 e. The molecule has 1 saturated heterocycles. The van der Waals surface area contributed by atoms with Gasteiger partial charge in [0.1, 0.15) is 12.2 Å². The van der Waals surface area contributed by atoms with E-state index in [1.54, 1.807) is 6.92 Å². The average molecular weight is 354 g/mol. The average Bonchev–Trinajstić information content (AvgIpc) is 3.21. The van der Waals surface area contributed by atoms with Crippen molar-refractivity contribution >= 4 is 23.9 Å². The quantitative estimate of drug-likeness (QED) is 0.501. The molecule has 0 spiro atoms. The molecular weight excluding hydrogens is 332 g/mol. The minimum absolute atomic E-state index is 0.137. The van der Waals surface area contributed by atoms with Crippen LogP contribution in [0.2, 0.25) is 0 Å². The molecule has 0 aromatic rings. The van der Waals surface area contributed by atoms with Crippen molar-refractivity contribution in [1.29, 1.82) is 0 Å². The number of carbonyl (C=O) groups excluding carboxylic acids is 4. The second kappa shape index (κ2) is 6.65. The first kappa shape index (κ1) is 17.7. The van der Waals surface area contributed by atoms with Crippen molar-refractivity contribution in [3.05, 3.63) is 0 Å². The van der Waals surface area contributed by atoms with Crippen molar-refractivity contribution < 1.29 is 38.1 Å². The molecule has 2 aliphatic carbocycles. The van der Waals surface area contributed by atoms with E-state index in [9.17, 15) is 19.2 Å². The number of hydrogen-bond donors (Lipinski definition) is 0. The van der Waals surface area contributed by atoms with E-state index in [2.05, 4.69) is 0 Å². The number of ether oxygens (including phenoxy) is 4. The monoisotopic (exact) mass is 354 g/mol. The molecule has 3 fully saturated rings. The van der Waals surface area contributed by atoms with Crippen LogP contribution in [0.3, 0.4) is 0 Å². The normalized spacial score (nSPS) is 35.9. The Labute approximate surface area is 145 Å². The van der Waals surface area contributed by atoms with Gasteiger partial charge in [-0.25, -0.2) is 4.79 Å². The molecule has 8 heteroatoms. The zero-order valence-corrected chi connectivity index (χ0v) is 14.4. The Kier molecular flexibility index (Phi) is 4.71. The zero-order chi connectivity index (χ0) is 18.3. The maximum Gasteiger partial charge on any atom is 0.344 e. The summed E-state index contributed by atoms with van der Waals surface area (Å²) in [4.78, 5) is 47.8. The van der Waals surface area contributed by atoms with Crippen LogP contribution in [0.1, 0.15) is 26.7 Å². The van der Waals surface area contributed by atoms with Gasteiger partial charge in [-0.1, -0.05) is 13.8 Å². The highest BCUT2D eigenvalue weighted by Crippen LogP contribution is 2.58. The van der Waals surface area contributed by atoms with Gasteiger partial charge in [0.25, 0.3) is 0 Å². The molecule has 2 saturated carbocycles. The third kappa shape index (κ3) is 2.87. The second-order valence-electron chi connectivity index (χ2n) is 6.91. The number of carbonyl (C=O) groups is 4. The molecule has 3 aliphatic rings. The molecule has 0 N–H and O–H groups in total. The van der Waals surface area contributed by atoms with E-state index in [1.165, 1.54) is 7.11 Å². The fourth-order valence-electron chi connectivity index (χ4n) is 4.23. The largest absolute Gasteiger partial charge is 0.469 e. The highest BCUT2D eigenvalue weighted by Gasteiger charge is 2.70. The summed E-state index contributed by atoms with van der Waals surface area (Å²) in [6.07, 6.45) is -0.0458. The highest BCUT2D eigenvalue weighted by molar-refractivity contribution is 5.86. The van der Waals surface area contributed by atoms with Gasteiger partial charge in [-0.2, -0.15) is 0 Å². The van der Waals surface area contributed by atoms with E-state index >= 15 is 0 Å². The lowest BCUT2D eigenvalue weighted by Gasteiger charge is -2.29. The molecule has 138 valence electrons. The van der Waals surface area contributed by atoms with Crippen LogP contribution in [0.4, 0.5) is 0 Å². The Bertz CT molecular complexity index is 599. The molecule has 0 radical (unpaired) electrons. The Morgan fingerprint density at radius 1 is 1.28 bits per heavy atom. The third-order valence-electron chi connectivity index (χ3n) is 5.63. The summed E-state index contributed by atoms with van der Waals surface area (Å²) in [6.45, 7) is 3.06. The van der Waals surface area contributed by atoms with Crippen LogP contribution in [0.5, 0.6) is 0 Å². The van der Waals surface area contributed by atoms with Gasteiger partial charge in [0.15, 0.2) is 6.61 Å². The molecule has 8 nitrogen and oxygen atoms in total. The molecule has 7 atom stereocenters. The molecule has 1 aliphatic heterocycles. The molecule has 3 rings (SSSR count). The lowest BCUT2D eigenvalue weighted by molar-refractivity contribution is -0.173. The van der Waals surface area contributed by atoms with E-state index in [4.69, 9.17) is 18.9 Å². The van der Waals surface area contributed by atoms with Crippen molar-refractivity contribution in [3.63, 3.8) is 0 Å². The second-order valence-corrected chi connectivity index (χ2v) is 6.91. The van der Waals surface area contributed by atoms with Crippen LogP contribution in [-0.4, -0.2) is 49.8 Å². The first-order valence-corrected chi connectivity index (χ1v) is 8.53. The van der Waals surface area contributed by atoms with Crippen LogP contribution in [0.15, 0.2) is 0 Å². The van der Waals surface area contributed by atoms with E-state index in [0.717, 1.165) is 0 Å². The van der Waals surface area contributed by atoms with Crippen molar-refractivity contribution in [2.75, 3.05) is 13.7 Å². The predicted octanol–water partition coefficient (Wildman–Crippen LogP) is 0.468. The first-order valence-electron chi connectivity index (χ1n) is 8.53. The summed E-state index contributed by atoms with van der Waals surface area (Å²) in [5, 5.41) is 0. The van der Waals surface area contributed by atoms with Crippen molar-refractivity contribution in [3.8, 4) is 0 Å². The van der Waals surface area contributed by atoms with E-state index in [-0.39, 0.29) is 17.8 Å². The zero-order valence-electron chi connectivity index (χ0n) is 14.4.